The number of nitrogens with zero attached hydrogens (tertiary/aromatic N) is 7. The van der Waals surface area contributed by atoms with E-state index in [2.05, 4.69) is 55.6 Å². The van der Waals surface area contributed by atoms with Crippen LogP contribution in [0.25, 0.3) is 27.7 Å². The number of amides is 1. The highest BCUT2D eigenvalue weighted by Gasteiger charge is 2.28. The molecular weight excluding hydrogens is 418 g/mol. The van der Waals surface area contributed by atoms with Crippen LogP contribution >= 0.6 is 0 Å². The van der Waals surface area contributed by atoms with E-state index in [0.29, 0.717) is 13.1 Å². The van der Waals surface area contributed by atoms with Crippen LogP contribution in [0.4, 0.5) is 4.79 Å². The van der Waals surface area contributed by atoms with Gasteiger partial charge in [0.25, 0.3) is 0 Å². The monoisotopic (exact) mass is 445 g/mol. The summed E-state index contributed by atoms with van der Waals surface area (Å²) in [6.07, 6.45) is 4.98. The van der Waals surface area contributed by atoms with Crippen molar-refractivity contribution in [1.82, 2.24) is 34.9 Å². The second-order valence-corrected chi connectivity index (χ2v) is 9.36. The number of fused-ring (bicyclic) bond motifs is 1. The van der Waals surface area contributed by atoms with Crippen molar-refractivity contribution < 1.29 is 9.53 Å². The average molecular weight is 446 g/mol. The molecule has 0 spiro atoms. The summed E-state index contributed by atoms with van der Waals surface area (Å²) >= 11 is 0. The van der Waals surface area contributed by atoms with Gasteiger partial charge in [-0.15, -0.1) is 5.10 Å². The molecule has 1 amide bonds. The molecular formula is C24H27N7O2. The van der Waals surface area contributed by atoms with Gasteiger partial charge in [-0.3, -0.25) is 4.68 Å². The van der Waals surface area contributed by atoms with Crippen molar-refractivity contribution >= 4 is 17.0 Å². The molecule has 9 nitrogen and oxygen atoms in total. The second-order valence-electron chi connectivity index (χ2n) is 9.36. The maximum Gasteiger partial charge on any atom is 0.410 e. The van der Waals surface area contributed by atoms with E-state index in [4.69, 9.17) is 4.74 Å². The number of piperidine rings is 1. The molecule has 1 fully saturated rings. The van der Waals surface area contributed by atoms with Gasteiger partial charge in [0.15, 0.2) is 0 Å². The van der Waals surface area contributed by atoms with Gasteiger partial charge >= 0.3 is 6.09 Å². The van der Waals surface area contributed by atoms with Crippen molar-refractivity contribution in [2.75, 3.05) is 13.1 Å². The number of aromatic nitrogens is 6. The molecule has 1 aliphatic rings. The lowest BCUT2D eigenvalue weighted by Gasteiger charge is -2.33. The van der Waals surface area contributed by atoms with E-state index in [0.717, 1.165) is 40.6 Å². The van der Waals surface area contributed by atoms with Crippen LogP contribution in [0.5, 0.6) is 0 Å². The molecule has 170 valence electrons. The Morgan fingerprint density at radius 3 is 2.42 bits per heavy atom. The molecule has 2 aromatic heterocycles. The SMILES string of the molecule is CC(C)(C)OC(=O)N1CCC(n2ncc3cc(-c4ccc(-n5cnnn5)cc4)ccc32)CC1. The first-order valence-electron chi connectivity index (χ1n) is 11.2. The van der Waals surface area contributed by atoms with E-state index < -0.39 is 5.60 Å². The number of rotatable bonds is 3. The molecule has 5 rings (SSSR count). The Morgan fingerprint density at radius 1 is 1.03 bits per heavy atom. The minimum absolute atomic E-state index is 0.234. The second kappa shape index (κ2) is 8.31. The zero-order valence-corrected chi connectivity index (χ0v) is 19.0. The van der Waals surface area contributed by atoms with Crippen molar-refractivity contribution in [3.8, 4) is 16.8 Å². The van der Waals surface area contributed by atoms with Gasteiger partial charge in [-0.05, 0) is 79.4 Å². The maximum absolute atomic E-state index is 12.3. The third-order valence-corrected chi connectivity index (χ3v) is 5.87. The first-order chi connectivity index (χ1) is 15.9. The molecule has 1 aliphatic heterocycles. The van der Waals surface area contributed by atoms with Crippen molar-refractivity contribution in [2.24, 2.45) is 0 Å². The summed E-state index contributed by atoms with van der Waals surface area (Å²) in [5.41, 5.74) is 3.80. The molecule has 0 N–H and O–H groups in total. The molecule has 4 aromatic rings. The number of likely N-dealkylation sites (tertiary alicyclic amines) is 1. The predicted molar refractivity (Wildman–Crippen MR) is 124 cm³/mol. The fourth-order valence-corrected chi connectivity index (χ4v) is 4.23. The summed E-state index contributed by atoms with van der Waals surface area (Å²) in [6, 6.07) is 14.8. The highest BCUT2D eigenvalue weighted by molar-refractivity contribution is 5.84. The zero-order chi connectivity index (χ0) is 23.0. The highest BCUT2D eigenvalue weighted by Crippen LogP contribution is 2.30. The Kier molecular flexibility index (Phi) is 5.32. The topological polar surface area (TPSA) is 91.0 Å². The number of tetrazole rings is 1. The Bertz CT molecular complexity index is 1250. The number of hydrogen-bond acceptors (Lipinski definition) is 6. The van der Waals surface area contributed by atoms with Crippen LogP contribution < -0.4 is 0 Å². The van der Waals surface area contributed by atoms with Crippen LogP contribution in [0.15, 0.2) is 55.0 Å². The average Bonchev–Trinajstić information content (AvgIpc) is 3.48. The van der Waals surface area contributed by atoms with Crippen molar-refractivity contribution in [2.45, 2.75) is 45.3 Å². The van der Waals surface area contributed by atoms with Gasteiger partial charge in [-0.25, -0.2) is 9.48 Å². The summed E-state index contributed by atoms with van der Waals surface area (Å²) in [4.78, 5) is 14.1. The van der Waals surface area contributed by atoms with Crippen molar-refractivity contribution in [1.29, 1.82) is 0 Å². The Morgan fingerprint density at radius 2 is 1.76 bits per heavy atom. The van der Waals surface area contributed by atoms with Gasteiger partial charge in [-0.1, -0.05) is 18.2 Å². The van der Waals surface area contributed by atoms with Crippen LogP contribution in [-0.4, -0.2) is 59.7 Å². The molecule has 0 radical (unpaired) electrons. The first-order valence-corrected chi connectivity index (χ1v) is 11.2. The molecule has 0 bridgehead atoms. The van der Waals surface area contributed by atoms with E-state index in [-0.39, 0.29) is 12.1 Å². The molecule has 2 aromatic carbocycles. The van der Waals surface area contributed by atoms with Crippen LogP contribution in [-0.2, 0) is 4.74 Å². The molecule has 0 aliphatic carbocycles. The van der Waals surface area contributed by atoms with Gasteiger partial charge in [0.2, 0.25) is 0 Å². The molecule has 0 saturated carbocycles. The van der Waals surface area contributed by atoms with Gasteiger partial charge < -0.3 is 9.64 Å². The van der Waals surface area contributed by atoms with Gasteiger partial charge in [0.1, 0.15) is 11.9 Å². The maximum atomic E-state index is 12.3. The lowest BCUT2D eigenvalue weighted by atomic mass is 10.0. The lowest BCUT2D eigenvalue weighted by Crippen LogP contribution is -2.42. The Hall–Kier alpha value is -3.75. The Balaban J connectivity index is 1.30. The fraction of sp³-hybridized carbons (Fsp3) is 0.375. The lowest BCUT2D eigenvalue weighted by molar-refractivity contribution is 0.0186. The number of carbonyl (C=O) groups is 1. The third kappa shape index (κ3) is 4.44. The first kappa shape index (κ1) is 21.1. The standard InChI is InChI=1S/C24H27N7O2/c1-24(2,3)33-23(32)29-12-10-21(11-13-29)31-22-9-6-18(14-19(22)15-26-31)17-4-7-20(8-5-17)30-16-25-27-28-30/h4-9,14-16,21H,10-13H2,1-3H3. The van der Waals surface area contributed by atoms with Crippen molar-refractivity contribution in [3.63, 3.8) is 0 Å². The molecule has 3 heterocycles. The summed E-state index contributed by atoms with van der Waals surface area (Å²) in [5, 5.41) is 17.1. The predicted octanol–water partition coefficient (Wildman–Crippen LogP) is 4.25. The van der Waals surface area contributed by atoms with E-state index >= 15 is 0 Å². The minimum Gasteiger partial charge on any atom is -0.444 e. The summed E-state index contributed by atoms with van der Waals surface area (Å²) < 4.78 is 9.24. The summed E-state index contributed by atoms with van der Waals surface area (Å²) in [6.45, 7) is 7.03. The Labute approximate surface area is 191 Å². The zero-order valence-electron chi connectivity index (χ0n) is 19.0. The third-order valence-electron chi connectivity index (χ3n) is 5.87. The van der Waals surface area contributed by atoms with Crippen LogP contribution in [0.2, 0.25) is 0 Å². The number of ether oxygens (including phenoxy) is 1. The fourth-order valence-electron chi connectivity index (χ4n) is 4.23. The normalized spacial score (nSPS) is 15.2. The number of benzene rings is 2. The summed E-state index contributed by atoms with van der Waals surface area (Å²) in [7, 11) is 0. The van der Waals surface area contributed by atoms with E-state index in [9.17, 15) is 4.79 Å². The molecule has 1 saturated heterocycles. The van der Waals surface area contributed by atoms with Crippen LogP contribution in [0, 0.1) is 0 Å². The summed E-state index contributed by atoms with van der Waals surface area (Å²) in [5.74, 6) is 0. The van der Waals surface area contributed by atoms with Crippen LogP contribution in [0.1, 0.15) is 39.7 Å². The van der Waals surface area contributed by atoms with Gasteiger partial charge in [0, 0.05) is 18.5 Å². The number of carbonyl (C=O) groups excluding carboxylic acids is 1. The minimum atomic E-state index is -0.474. The van der Waals surface area contributed by atoms with E-state index in [1.54, 1.807) is 15.9 Å². The molecule has 0 unspecified atom stereocenters. The smallest absolute Gasteiger partial charge is 0.410 e. The van der Waals surface area contributed by atoms with Crippen LogP contribution in [0.3, 0.4) is 0 Å². The van der Waals surface area contributed by atoms with Gasteiger partial charge in [-0.2, -0.15) is 5.10 Å². The number of hydrogen-bond donors (Lipinski definition) is 0. The van der Waals surface area contributed by atoms with Gasteiger partial charge in [0.05, 0.1) is 23.4 Å². The molecule has 9 heteroatoms. The largest absolute Gasteiger partial charge is 0.444 e. The highest BCUT2D eigenvalue weighted by atomic mass is 16.6. The quantitative estimate of drug-likeness (QED) is 0.468. The van der Waals surface area contributed by atoms with E-state index in [1.165, 1.54) is 0 Å². The van der Waals surface area contributed by atoms with Crippen molar-refractivity contribution in [3.05, 3.63) is 55.0 Å². The molecule has 33 heavy (non-hydrogen) atoms. The van der Waals surface area contributed by atoms with E-state index in [1.807, 2.05) is 39.1 Å². The molecule has 0 atom stereocenters.